The average Bonchev–Trinajstić information content (AvgIpc) is 2.58. The van der Waals surface area contributed by atoms with Crippen molar-refractivity contribution < 1.29 is 0 Å². The van der Waals surface area contributed by atoms with Crippen molar-refractivity contribution in [3.63, 3.8) is 0 Å². The number of hydrogen-bond donors (Lipinski definition) is 0. The Morgan fingerprint density at radius 3 is 3.09 bits per heavy atom. The van der Waals surface area contributed by atoms with Crippen LogP contribution in [-0.4, -0.2) is 12.8 Å². The van der Waals surface area contributed by atoms with Crippen molar-refractivity contribution >= 4 is 23.1 Å². The van der Waals surface area contributed by atoms with Gasteiger partial charge in [0.15, 0.2) is 0 Å². The Labute approximate surface area is 70.1 Å². The minimum atomic E-state index is 0.852. The van der Waals surface area contributed by atoms with Gasteiger partial charge in [0.25, 0.3) is 0 Å². The molecule has 2 heterocycles. The van der Waals surface area contributed by atoms with Crippen LogP contribution in [0.4, 0.5) is 0 Å². The first kappa shape index (κ1) is 6.80. The molecule has 1 aliphatic heterocycles. The molecule has 1 aromatic rings. The number of hydrogen-bond acceptors (Lipinski definition) is 2. The standard InChI is InChI=1S/C9H9NS/c1-4-10-5-2-8(1)9-3-6-11-7-9/h1,3,5-7H,2,4H2. The number of allylic oxidation sites excluding steroid dienone is 1. The minimum absolute atomic E-state index is 0.852. The second-order valence-corrected chi connectivity index (χ2v) is 3.27. The summed E-state index contributed by atoms with van der Waals surface area (Å²) >= 11 is 1.75. The van der Waals surface area contributed by atoms with Crippen molar-refractivity contribution in [2.45, 2.75) is 6.42 Å². The molecule has 0 amide bonds. The van der Waals surface area contributed by atoms with Gasteiger partial charge in [-0.05, 0) is 28.0 Å². The van der Waals surface area contributed by atoms with Gasteiger partial charge in [-0.2, -0.15) is 11.3 Å². The fraction of sp³-hybridized carbons (Fsp3) is 0.222. The molecule has 1 aliphatic rings. The summed E-state index contributed by atoms with van der Waals surface area (Å²) in [6.45, 7) is 0.852. The van der Waals surface area contributed by atoms with Crippen molar-refractivity contribution in [3.8, 4) is 0 Å². The Balaban J connectivity index is 2.24. The van der Waals surface area contributed by atoms with Crippen LogP contribution in [0.1, 0.15) is 12.0 Å². The van der Waals surface area contributed by atoms with E-state index in [1.54, 1.807) is 11.3 Å². The van der Waals surface area contributed by atoms with E-state index in [9.17, 15) is 0 Å². The molecule has 0 atom stereocenters. The van der Waals surface area contributed by atoms with Crippen LogP contribution in [-0.2, 0) is 0 Å². The highest BCUT2D eigenvalue weighted by atomic mass is 32.1. The third-order valence-corrected chi connectivity index (χ3v) is 2.46. The first-order valence-corrected chi connectivity index (χ1v) is 4.61. The van der Waals surface area contributed by atoms with Crippen LogP contribution in [0.3, 0.4) is 0 Å². The Bertz CT molecular complexity index is 283. The highest BCUT2D eigenvalue weighted by Crippen LogP contribution is 2.21. The van der Waals surface area contributed by atoms with Crippen LogP contribution in [0.25, 0.3) is 5.57 Å². The second kappa shape index (κ2) is 3.01. The van der Waals surface area contributed by atoms with Crippen molar-refractivity contribution in [2.75, 3.05) is 6.54 Å². The molecule has 2 heteroatoms. The smallest absolute Gasteiger partial charge is 0.0572 e. The fourth-order valence-corrected chi connectivity index (χ4v) is 1.85. The number of nitrogens with zero attached hydrogens (tertiary/aromatic N) is 1. The van der Waals surface area contributed by atoms with Gasteiger partial charge < -0.3 is 0 Å². The maximum absolute atomic E-state index is 4.14. The van der Waals surface area contributed by atoms with E-state index >= 15 is 0 Å². The molecule has 0 N–H and O–H groups in total. The predicted octanol–water partition coefficient (Wildman–Crippen LogP) is 2.61. The van der Waals surface area contributed by atoms with Gasteiger partial charge in [0.05, 0.1) is 6.54 Å². The molecule has 0 bridgehead atoms. The fourth-order valence-electron chi connectivity index (χ4n) is 1.17. The molecule has 0 spiro atoms. The summed E-state index contributed by atoms with van der Waals surface area (Å²) in [5.74, 6) is 0. The highest BCUT2D eigenvalue weighted by molar-refractivity contribution is 7.08. The van der Waals surface area contributed by atoms with E-state index in [0.717, 1.165) is 13.0 Å². The van der Waals surface area contributed by atoms with Crippen LogP contribution in [0.15, 0.2) is 27.9 Å². The lowest BCUT2D eigenvalue weighted by Crippen LogP contribution is -1.91. The van der Waals surface area contributed by atoms with Crippen LogP contribution >= 0.6 is 11.3 Å². The lowest BCUT2D eigenvalue weighted by molar-refractivity contribution is 1.20. The molecular formula is C9H9NS. The van der Waals surface area contributed by atoms with Crippen molar-refractivity contribution in [2.24, 2.45) is 4.99 Å². The van der Waals surface area contributed by atoms with Crippen LogP contribution < -0.4 is 0 Å². The largest absolute Gasteiger partial charge is 0.293 e. The molecule has 0 aliphatic carbocycles. The molecule has 0 radical (unpaired) electrons. The Kier molecular flexibility index (Phi) is 1.86. The third-order valence-electron chi connectivity index (χ3n) is 1.78. The quantitative estimate of drug-likeness (QED) is 0.603. The summed E-state index contributed by atoms with van der Waals surface area (Å²) in [5.41, 5.74) is 2.78. The van der Waals surface area contributed by atoms with Crippen molar-refractivity contribution in [3.05, 3.63) is 28.5 Å². The summed E-state index contributed by atoms with van der Waals surface area (Å²) in [7, 11) is 0. The van der Waals surface area contributed by atoms with Gasteiger partial charge in [0.2, 0.25) is 0 Å². The van der Waals surface area contributed by atoms with E-state index in [2.05, 4.69) is 27.9 Å². The molecule has 0 saturated carbocycles. The van der Waals surface area contributed by atoms with Crippen LogP contribution in [0, 0.1) is 0 Å². The maximum Gasteiger partial charge on any atom is 0.0572 e. The molecule has 1 nitrogen and oxygen atoms in total. The van der Waals surface area contributed by atoms with Gasteiger partial charge in [-0.1, -0.05) is 6.08 Å². The Hall–Kier alpha value is -0.890. The summed E-state index contributed by atoms with van der Waals surface area (Å²) in [5, 5.41) is 4.30. The van der Waals surface area contributed by atoms with Gasteiger partial charge in [-0.25, -0.2) is 0 Å². The third kappa shape index (κ3) is 1.40. The van der Waals surface area contributed by atoms with Crippen molar-refractivity contribution in [1.29, 1.82) is 0 Å². The molecular weight excluding hydrogens is 154 g/mol. The predicted molar refractivity (Wildman–Crippen MR) is 50.3 cm³/mol. The molecule has 56 valence electrons. The van der Waals surface area contributed by atoms with Gasteiger partial charge in [0.1, 0.15) is 0 Å². The normalized spacial score (nSPS) is 16.5. The number of thiophene rings is 1. The molecule has 1 aromatic heterocycles. The summed E-state index contributed by atoms with van der Waals surface area (Å²) in [4.78, 5) is 4.14. The number of dihydropyridines is 1. The van der Waals surface area contributed by atoms with E-state index in [1.165, 1.54) is 11.1 Å². The Morgan fingerprint density at radius 1 is 1.45 bits per heavy atom. The molecule has 2 rings (SSSR count). The van der Waals surface area contributed by atoms with Gasteiger partial charge >= 0.3 is 0 Å². The topological polar surface area (TPSA) is 12.4 Å². The lowest BCUT2D eigenvalue weighted by atomic mass is 10.1. The van der Waals surface area contributed by atoms with Gasteiger partial charge in [-0.15, -0.1) is 0 Å². The van der Waals surface area contributed by atoms with E-state index in [1.807, 2.05) is 6.21 Å². The lowest BCUT2D eigenvalue weighted by Gasteiger charge is -2.04. The first-order valence-electron chi connectivity index (χ1n) is 3.67. The zero-order valence-corrected chi connectivity index (χ0v) is 6.97. The summed E-state index contributed by atoms with van der Waals surface area (Å²) in [6.07, 6.45) is 5.19. The molecule has 0 fully saturated rings. The van der Waals surface area contributed by atoms with Crippen molar-refractivity contribution in [1.82, 2.24) is 0 Å². The minimum Gasteiger partial charge on any atom is -0.293 e. The molecule has 0 saturated heterocycles. The SMILES string of the molecule is C1=NCC=C(c2ccsc2)C1. The molecule has 0 aromatic carbocycles. The summed E-state index contributed by atoms with van der Waals surface area (Å²) < 4.78 is 0. The highest BCUT2D eigenvalue weighted by Gasteiger charge is 2.01. The van der Waals surface area contributed by atoms with Gasteiger partial charge in [-0.3, -0.25) is 4.99 Å². The van der Waals surface area contributed by atoms with Crippen LogP contribution in [0.5, 0.6) is 0 Å². The zero-order chi connectivity index (χ0) is 7.52. The maximum atomic E-state index is 4.14. The second-order valence-electron chi connectivity index (χ2n) is 2.49. The monoisotopic (exact) mass is 163 g/mol. The number of rotatable bonds is 1. The zero-order valence-electron chi connectivity index (χ0n) is 6.16. The summed E-state index contributed by atoms with van der Waals surface area (Å²) in [6, 6.07) is 2.16. The Morgan fingerprint density at radius 2 is 2.45 bits per heavy atom. The first-order chi connectivity index (χ1) is 5.47. The average molecular weight is 163 g/mol. The van der Waals surface area contributed by atoms with E-state index in [-0.39, 0.29) is 0 Å². The van der Waals surface area contributed by atoms with Crippen LogP contribution in [0.2, 0.25) is 0 Å². The van der Waals surface area contributed by atoms with E-state index in [4.69, 9.17) is 0 Å². The van der Waals surface area contributed by atoms with E-state index < -0.39 is 0 Å². The van der Waals surface area contributed by atoms with Gasteiger partial charge in [0, 0.05) is 12.6 Å². The van der Waals surface area contributed by atoms with E-state index in [0.29, 0.717) is 0 Å². The number of aliphatic imine (C=N–C) groups is 1. The molecule has 11 heavy (non-hydrogen) atoms. The molecule has 0 unspecified atom stereocenters.